The Kier molecular flexibility index (Phi) is 10.1. The number of Topliss-reactive ketones (excluding diaryl/α,β-unsaturated/α-hetero) is 1. The molecule has 0 heterocycles. The summed E-state index contributed by atoms with van der Waals surface area (Å²) in [6.07, 6.45) is 0.799. The number of benzene rings is 2. The molecule has 2 aromatic carbocycles. The SMILES string of the molecule is COCO[C@@H]1CC[C@]23[C@@H](CO[Si](c4ccccc4)(c4ccccc4)C(C)(C)C)[C@H](C)[C@@H](OC(=O)C(C)(C)C)C[C@H]2C(C)(C)C(=O)C[C@]13O. The molecular formula is C40H58O7Si. The van der Waals surface area contributed by atoms with Crippen molar-refractivity contribution in [2.24, 2.45) is 34.0 Å². The molecule has 264 valence electrons. The predicted octanol–water partition coefficient (Wildman–Crippen LogP) is 6.29. The average molecular weight is 679 g/mol. The Hall–Kier alpha value is -2.36. The van der Waals surface area contributed by atoms with Crippen LogP contribution in [0.2, 0.25) is 5.04 Å². The van der Waals surface area contributed by atoms with Crippen molar-refractivity contribution < 1.29 is 33.3 Å². The largest absolute Gasteiger partial charge is 0.462 e. The standard InChI is InChI=1S/C40H58O7Si/c1-27-30(25-46-48(37(5,6)7,28-17-13-11-14-18-28)29-19-15-12-16-20-29)39-22-21-34(45-26-44-10)40(39,43)24-33(41)38(8,9)32(39)23-31(27)47-35(42)36(2,3)4/h11-20,27,30-32,34,43H,21-26H2,1-10H3/t27-,30-,31-,32-,34+,39-,40-/m0/s1. The fourth-order valence-electron chi connectivity index (χ4n) is 9.75. The van der Waals surface area contributed by atoms with Crippen LogP contribution in [0.3, 0.4) is 0 Å². The van der Waals surface area contributed by atoms with E-state index in [1.807, 2.05) is 46.8 Å². The van der Waals surface area contributed by atoms with Crippen LogP contribution < -0.4 is 10.4 Å². The Morgan fingerprint density at radius 1 is 0.958 bits per heavy atom. The molecule has 5 rings (SSSR count). The quantitative estimate of drug-likeness (QED) is 0.189. The molecule has 2 aromatic rings. The van der Waals surface area contributed by atoms with Gasteiger partial charge in [0, 0.05) is 31.0 Å². The summed E-state index contributed by atoms with van der Waals surface area (Å²) in [4.78, 5) is 27.5. The summed E-state index contributed by atoms with van der Waals surface area (Å²) in [7, 11) is -1.40. The van der Waals surface area contributed by atoms with Crippen molar-refractivity contribution >= 4 is 30.4 Å². The van der Waals surface area contributed by atoms with E-state index in [1.54, 1.807) is 7.11 Å². The van der Waals surface area contributed by atoms with Gasteiger partial charge in [0.1, 0.15) is 24.3 Å². The highest BCUT2D eigenvalue weighted by atomic mass is 28.4. The monoisotopic (exact) mass is 678 g/mol. The van der Waals surface area contributed by atoms with Crippen LogP contribution in [-0.4, -0.2) is 63.5 Å². The van der Waals surface area contributed by atoms with E-state index < -0.39 is 42.4 Å². The highest BCUT2D eigenvalue weighted by Gasteiger charge is 2.75. The number of aliphatic hydroxyl groups is 1. The van der Waals surface area contributed by atoms with Crippen molar-refractivity contribution in [2.45, 2.75) is 111 Å². The summed E-state index contributed by atoms with van der Waals surface area (Å²) in [5, 5.41) is 15.2. The summed E-state index contributed by atoms with van der Waals surface area (Å²) in [6, 6.07) is 21.2. The van der Waals surface area contributed by atoms with Gasteiger partial charge in [-0.2, -0.15) is 0 Å². The molecule has 7 nitrogen and oxygen atoms in total. The molecule has 0 aliphatic heterocycles. The first-order chi connectivity index (χ1) is 22.4. The third-order valence-electron chi connectivity index (χ3n) is 12.3. The van der Waals surface area contributed by atoms with Crippen LogP contribution in [0.25, 0.3) is 0 Å². The number of rotatable bonds is 9. The third-order valence-corrected chi connectivity index (χ3v) is 17.3. The van der Waals surface area contributed by atoms with Crippen LogP contribution in [0.15, 0.2) is 60.7 Å². The number of ketones is 1. The molecule has 0 saturated heterocycles. The summed E-state index contributed by atoms with van der Waals surface area (Å²) in [6.45, 7) is 19.0. The van der Waals surface area contributed by atoms with Crippen LogP contribution in [0.1, 0.15) is 88.0 Å². The molecule has 3 saturated carbocycles. The second kappa shape index (κ2) is 13.1. The van der Waals surface area contributed by atoms with Gasteiger partial charge in [0.2, 0.25) is 0 Å². The Labute approximate surface area is 289 Å². The number of carbonyl (C=O) groups is 2. The van der Waals surface area contributed by atoms with E-state index in [0.29, 0.717) is 25.9 Å². The number of methoxy groups -OCH3 is 1. The van der Waals surface area contributed by atoms with Crippen LogP contribution in [0.4, 0.5) is 0 Å². The minimum absolute atomic E-state index is 0.0137. The van der Waals surface area contributed by atoms with E-state index in [1.165, 1.54) is 10.4 Å². The zero-order valence-corrected chi connectivity index (χ0v) is 31.8. The van der Waals surface area contributed by atoms with E-state index in [-0.39, 0.29) is 47.8 Å². The average Bonchev–Trinajstić information content (AvgIpc) is 3.30. The Morgan fingerprint density at radius 3 is 2.02 bits per heavy atom. The van der Waals surface area contributed by atoms with Gasteiger partial charge in [-0.3, -0.25) is 9.59 Å². The molecule has 0 amide bonds. The lowest BCUT2D eigenvalue weighted by molar-refractivity contribution is -0.262. The Balaban J connectivity index is 1.69. The predicted molar refractivity (Wildman–Crippen MR) is 190 cm³/mol. The maximum Gasteiger partial charge on any atom is 0.311 e. The van der Waals surface area contributed by atoms with E-state index >= 15 is 0 Å². The topological polar surface area (TPSA) is 91.3 Å². The molecule has 3 aliphatic carbocycles. The van der Waals surface area contributed by atoms with Crippen molar-refractivity contribution in [3.8, 4) is 0 Å². The van der Waals surface area contributed by atoms with Crippen LogP contribution in [-0.2, 0) is 28.2 Å². The number of hydrogen-bond acceptors (Lipinski definition) is 7. The highest BCUT2D eigenvalue weighted by molar-refractivity contribution is 6.99. The van der Waals surface area contributed by atoms with Crippen molar-refractivity contribution in [3.63, 3.8) is 0 Å². The van der Waals surface area contributed by atoms with E-state index in [4.69, 9.17) is 18.6 Å². The normalized spacial score (nSPS) is 32.0. The van der Waals surface area contributed by atoms with Gasteiger partial charge in [-0.15, -0.1) is 0 Å². The Morgan fingerprint density at radius 2 is 1.52 bits per heavy atom. The molecule has 48 heavy (non-hydrogen) atoms. The summed E-state index contributed by atoms with van der Waals surface area (Å²) in [5.74, 6) is -0.883. The van der Waals surface area contributed by atoms with Crippen molar-refractivity contribution in [2.75, 3.05) is 20.5 Å². The van der Waals surface area contributed by atoms with Gasteiger partial charge >= 0.3 is 5.97 Å². The maximum atomic E-state index is 14.1. The number of hydrogen-bond donors (Lipinski definition) is 1. The van der Waals surface area contributed by atoms with Crippen molar-refractivity contribution in [1.82, 2.24) is 0 Å². The van der Waals surface area contributed by atoms with E-state index in [9.17, 15) is 14.7 Å². The lowest BCUT2D eigenvalue weighted by Crippen LogP contribution is -2.72. The first-order valence-corrected chi connectivity index (χ1v) is 19.6. The lowest BCUT2D eigenvalue weighted by Gasteiger charge is -2.65. The van der Waals surface area contributed by atoms with Gasteiger partial charge in [-0.05, 0) is 73.2 Å². The minimum Gasteiger partial charge on any atom is -0.462 e. The van der Waals surface area contributed by atoms with Gasteiger partial charge in [0.05, 0.1) is 11.5 Å². The Bertz CT molecular complexity index is 1410. The highest BCUT2D eigenvalue weighted by Crippen LogP contribution is 2.70. The molecule has 0 aromatic heterocycles. The zero-order valence-electron chi connectivity index (χ0n) is 30.8. The molecular weight excluding hydrogens is 621 g/mol. The van der Waals surface area contributed by atoms with Gasteiger partial charge in [-0.25, -0.2) is 0 Å². The number of carbonyl (C=O) groups excluding carboxylic acids is 2. The van der Waals surface area contributed by atoms with Crippen LogP contribution in [0, 0.1) is 34.0 Å². The number of esters is 1. The molecule has 0 radical (unpaired) electrons. The van der Waals surface area contributed by atoms with Crippen LogP contribution in [0.5, 0.6) is 0 Å². The van der Waals surface area contributed by atoms with Gasteiger partial charge in [0.15, 0.2) is 0 Å². The molecule has 1 N–H and O–H groups in total. The molecule has 3 aliphatic rings. The summed E-state index contributed by atoms with van der Waals surface area (Å²) < 4.78 is 25.5. The van der Waals surface area contributed by atoms with Gasteiger partial charge in [0.25, 0.3) is 8.32 Å². The molecule has 0 unspecified atom stereocenters. The fourth-order valence-corrected chi connectivity index (χ4v) is 14.3. The van der Waals surface area contributed by atoms with Gasteiger partial charge in [-0.1, -0.05) is 102 Å². The molecule has 1 spiro atoms. The zero-order chi connectivity index (χ0) is 35.3. The fraction of sp³-hybridized carbons (Fsp3) is 0.650. The molecule has 0 bridgehead atoms. The summed E-state index contributed by atoms with van der Waals surface area (Å²) >= 11 is 0. The summed E-state index contributed by atoms with van der Waals surface area (Å²) in [5.41, 5.74) is -3.56. The maximum absolute atomic E-state index is 14.1. The third kappa shape index (κ3) is 5.83. The van der Waals surface area contributed by atoms with Crippen molar-refractivity contribution in [1.29, 1.82) is 0 Å². The first-order valence-electron chi connectivity index (χ1n) is 17.7. The number of ether oxygens (including phenoxy) is 3. The smallest absolute Gasteiger partial charge is 0.311 e. The van der Waals surface area contributed by atoms with E-state index in [2.05, 4.69) is 76.2 Å². The lowest BCUT2D eigenvalue weighted by atomic mass is 9.41. The minimum atomic E-state index is -2.97. The molecule has 3 fully saturated rings. The second-order valence-electron chi connectivity index (χ2n) is 17.3. The first kappa shape index (κ1) is 36.9. The van der Waals surface area contributed by atoms with Crippen LogP contribution >= 0.6 is 0 Å². The van der Waals surface area contributed by atoms with Crippen molar-refractivity contribution in [3.05, 3.63) is 60.7 Å². The molecule has 8 heteroatoms. The van der Waals surface area contributed by atoms with Gasteiger partial charge < -0.3 is 23.7 Å². The molecule has 7 atom stereocenters. The van der Waals surface area contributed by atoms with E-state index in [0.717, 1.165) is 0 Å². The second-order valence-corrected chi connectivity index (χ2v) is 21.6.